The maximum absolute atomic E-state index is 12.3. The van der Waals surface area contributed by atoms with E-state index in [4.69, 9.17) is 5.11 Å². The number of carboxylic acids is 1. The molecule has 1 rings (SSSR count). The SMILES string of the molecule is CSCCC(NC(=O)CNC(=O)C1CCCN1)C(=O)NC(CS)C(=O)O. The van der Waals surface area contributed by atoms with Crippen LogP contribution < -0.4 is 21.3 Å². The summed E-state index contributed by atoms with van der Waals surface area (Å²) in [5, 5.41) is 19.5. The lowest BCUT2D eigenvalue weighted by Gasteiger charge is -2.21. The van der Waals surface area contributed by atoms with Gasteiger partial charge in [-0.15, -0.1) is 0 Å². The Morgan fingerprint density at radius 3 is 2.54 bits per heavy atom. The summed E-state index contributed by atoms with van der Waals surface area (Å²) < 4.78 is 0. The van der Waals surface area contributed by atoms with Crippen molar-refractivity contribution in [2.45, 2.75) is 37.4 Å². The summed E-state index contributed by atoms with van der Waals surface area (Å²) in [7, 11) is 0. The molecular formula is C15H26N4O5S2. The molecule has 0 aliphatic carbocycles. The minimum atomic E-state index is -1.19. The number of hydrogen-bond donors (Lipinski definition) is 6. The van der Waals surface area contributed by atoms with Crippen LogP contribution in [-0.2, 0) is 19.2 Å². The van der Waals surface area contributed by atoms with E-state index in [2.05, 4.69) is 33.9 Å². The zero-order valence-corrected chi connectivity index (χ0v) is 16.3. The standard InChI is InChI=1S/C15H26N4O5S2/c1-26-6-4-10(14(22)19-11(8-25)15(23)24)18-12(20)7-17-13(21)9-3-2-5-16-9/h9-11,16,25H,2-8H2,1H3,(H,17,21)(H,18,20)(H,19,22)(H,23,24). The molecule has 0 spiro atoms. The molecule has 0 saturated carbocycles. The van der Waals surface area contributed by atoms with Crippen molar-refractivity contribution in [3.05, 3.63) is 0 Å². The van der Waals surface area contributed by atoms with E-state index in [1.165, 1.54) is 11.8 Å². The predicted octanol–water partition coefficient (Wildman–Crippen LogP) is -1.41. The third kappa shape index (κ3) is 7.83. The molecule has 5 N–H and O–H groups in total. The Morgan fingerprint density at radius 2 is 2.00 bits per heavy atom. The van der Waals surface area contributed by atoms with Gasteiger partial charge in [0.2, 0.25) is 17.7 Å². The van der Waals surface area contributed by atoms with Crippen LogP contribution in [0.25, 0.3) is 0 Å². The van der Waals surface area contributed by atoms with Gasteiger partial charge in [-0.25, -0.2) is 4.79 Å². The summed E-state index contributed by atoms with van der Waals surface area (Å²) in [4.78, 5) is 47.3. The Bertz CT molecular complexity index is 514. The minimum Gasteiger partial charge on any atom is -0.480 e. The molecule has 0 aromatic heterocycles. The van der Waals surface area contributed by atoms with Crippen LogP contribution in [0.15, 0.2) is 0 Å². The molecule has 3 amide bonds. The third-order valence-corrected chi connectivity index (χ3v) is 4.87. The molecule has 3 atom stereocenters. The van der Waals surface area contributed by atoms with Crippen molar-refractivity contribution in [2.24, 2.45) is 0 Å². The quantitative estimate of drug-likeness (QED) is 0.232. The molecule has 26 heavy (non-hydrogen) atoms. The number of aliphatic carboxylic acids is 1. The summed E-state index contributed by atoms with van der Waals surface area (Å²) in [5.74, 6) is -1.99. The predicted molar refractivity (Wildman–Crippen MR) is 102 cm³/mol. The summed E-state index contributed by atoms with van der Waals surface area (Å²) in [5.41, 5.74) is 0. The molecule has 0 bridgehead atoms. The number of thioether (sulfide) groups is 1. The smallest absolute Gasteiger partial charge is 0.327 e. The first-order valence-corrected chi connectivity index (χ1v) is 10.3. The third-order valence-electron chi connectivity index (χ3n) is 3.86. The number of carbonyl (C=O) groups is 4. The first-order chi connectivity index (χ1) is 12.4. The lowest BCUT2D eigenvalue weighted by molar-refractivity contribution is -0.141. The van der Waals surface area contributed by atoms with Gasteiger partial charge in [-0.05, 0) is 37.8 Å². The largest absolute Gasteiger partial charge is 0.480 e. The second-order valence-corrected chi connectivity index (χ2v) is 7.20. The van der Waals surface area contributed by atoms with E-state index in [0.29, 0.717) is 12.2 Å². The number of carbonyl (C=O) groups excluding carboxylic acids is 3. The fraction of sp³-hybridized carbons (Fsp3) is 0.733. The minimum absolute atomic E-state index is 0.0608. The number of hydrogen-bond acceptors (Lipinski definition) is 7. The topological polar surface area (TPSA) is 137 Å². The number of amides is 3. The van der Waals surface area contributed by atoms with Crippen LogP contribution in [0.1, 0.15) is 19.3 Å². The maximum Gasteiger partial charge on any atom is 0.327 e. The van der Waals surface area contributed by atoms with Crippen molar-refractivity contribution < 1.29 is 24.3 Å². The summed E-state index contributed by atoms with van der Waals surface area (Å²) in [6.07, 6.45) is 3.85. The molecule has 11 heteroatoms. The van der Waals surface area contributed by atoms with Gasteiger partial charge in [0, 0.05) is 5.75 Å². The Labute approximate surface area is 162 Å². The van der Waals surface area contributed by atoms with Crippen molar-refractivity contribution in [3.63, 3.8) is 0 Å². The highest BCUT2D eigenvalue weighted by Gasteiger charge is 2.26. The molecule has 0 aromatic rings. The summed E-state index contributed by atoms with van der Waals surface area (Å²) >= 11 is 5.40. The molecule has 1 aliphatic heterocycles. The molecule has 0 aromatic carbocycles. The molecule has 0 radical (unpaired) electrons. The Kier molecular flexibility index (Phi) is 10.4. The molecule has 1 fully saturated rings. The van der Waals surface area contributed by atoms with Crippen LogP contribution >= 0.6 is 24.4 Å². The average molecular weight is 407 g/mol. The Hall–Kier alpha value is -1.46. The molecule has 9 nitrogen and oxygen atoms in total. The zero-order chi connectivity index (χ0) is 19.5. The molecular weight excluding hydrogens is 380 g/mol. The molecule has 1 aliphatic rings. The Balaban J connectivity index is 2.53. The van der Waals surface area contributed by atoms with Crippen molar-refractivity contribution >= 4 is 48.1 Å². The van der Waals surface area contributed by atoms with Gasteiger partial charge in [0.05, 0.1) is 12.6 Å². The highest BCUT2D eigenvalue weighted by atomic mass is 32.2. The van der Waals surface area contributed by atoms with Crippen molar-refractivity contribution in [1.82, 2.24) is 21.3 Å². The maximum atomic E-state index is 12.3. The normalized spacial score (nSPS) is 18.6. The van der Waals surface area contributed by atoms with Crippen LogP contribution in [-0.4, -0.2) is 77.8 Å². The fourth-order valence-electron chi connectivity index (χ4n) is 2.41. The molecule has 3 unspecified atom stereocenters. The lowest BCUT2D eigenvalue weighted by atomic mass is 10.2. The molecule has 1 heterocycles. The van der Waals surface area contributed by atoms with E-state index >= 15 is 0 Å². The lowest BCUT2D eigenvalue weighted by Crippen LogP contribution is -2.54. The van der Waals surface area contributed by atoms with Crippen LogP contribution in [0.3, 0.4) is 0 Å². The van der Waals surface area contributed by atoms with Crippen LogP contribution in [0.4, 0.5) is 0 Å². The molecule has 1 saturated heterocycles. The van der Waals surface area contributed by atoms with Crippen LogP contribution in [0.5, 0.6) is 0 Å². The highest BCUT2D eigenvalue weighted by Crippen LogP contribution is 2.04. The second kappa shape index (κ2) is 12.0. The van der Waals surface area contributed by atoms with Crippen molar-refractivity contribution in [3.8, 4) is 0 Å². The van der Waals surface area contributed by atoms with E-state index in [-0.39, 0.29) is 24.2 Å². The number of rotatable bonds is 11. The first kappa shape index (κ1) is 22.6. The highest BCUT2D eigenvalue weighted by molar-refractivity contribution is 7.98. The van der Waals surface area contributed by atoms with Gasteiger partial charge in [0.25, 0.3) is 0 Å². The van der Waals surface area contributed by atoms with E-state index < -0.39 is 29.9 Å². The van der Waals surface area contributed by atoms with E-state index in [9.17, 15) is 19.2 Å². The van der Waals surface area contributed by atoms with Gasteiger partial charge in [-0.2, -0.15) is 24.4 Å². The zero-order valence-electron chi connectivity index (χ0n) is 14.6. The number of thiol groups is 1. The van der Waals surface area contributed by atoms with Gasteiger partial charge >= 0.3 is 5.97 Å². The van der Waals surface area contributed by atoms with Crippen LogP contribution in [0, 0.1) is 0 Å². The van der Waals surface area contributed by atoms with Gasteiger partial charge in [-0.3, -0.25) is 14.4 Å². The van der Waals surface area contributed by atoms with Crippen LogP contribution in [0.2, 0.25) is 0 Å². The summed E-state index contributed by atoms with van der Waals surface area (Å²) in [6.45, 7) is 0.534. The van der Waals surface area contributed by atoms with Crippen molar-refractivity contribution in [2.75, 3.05) is 30.9 Å². The number of nitrogens with one attached hydrogen (secondary N) is 4. The fourth-order valence-corrected chi connectivity index (χ4v) is 3.13. The summed E-state index contributed by atoms with van der Waals surface area (Å²) in [6, 6.07) is -2.30. The second-order valence-electron chi connectivity index (χ2n) is 5.85. The van der Waals surface area contributed by atoms with Gasteiger partial charge in [-0.1, -0.05) is 0 Å². The van der Waals surface area contributed by atoms with E-state index in [1.54, 1.807) is 0 Å². The van der Waals surface area contributed by atoms with E-state index in [1.807, 2.05) is 6.26 Å². The first-order valence-electron chi connectivity index (χ1n) is 8.32. The van der Waals surface area contributed by atoms with E-state index in [0.717, 1.165) is 19.4 Å². The Morgan fingerprint density at radius 1 is 1.27 bits per heavy atom. The van der Waals surface area contributed by atoms with Gasteiger partial charge in [0.15, 0.2) is 0 Å². The van der Waals surface area contributed by atoms with Gasteiger partial charge in [0.1, 0.15) is 12.1 Å². The van der Waals surface area contributed by atoms with Gasteiger partial charge < -0.3 is 26.4 Å². The number of carboxylic acid groups (broad SMARTS) is 1. The van der Waals surface area contributed by atoms with Crippen molar-refractivity contribution in [1.29, 1.82) is 0 Å². The molecule has 148 valence electrons. The monoisotopic (exact) mass is 406 g/mol. The average Bonchev–Trinajstić information content (AvgIpc) is 3.15.